The van der Waals surface area contributed by atoms with E-state index in [0.29, 0.717) is 25.3 Å². The van der Waals surface area contributed by atoms with E-state index in [4.69, 9.17) is 9.47 Å². The Labute approximate surface area is 147 Å². The van der Waals surface area contributed by atoms with E-state index in [1.54, 1.807) is 7.11 Å². The SMILES string of the molecule is COc1ccc(C2(CNC(=O)c3ccc(F)cc3)CCOCC2)cc1. The number of ether oxygens (including phenoxy) is 2. The van der Waals surface area contributed by atoms with Crippen LogP contribution in [0.1, 0.15) is 28.8 Å². The molecule has 2 aromatic carbocycles. The molecule has 1 N–H and O–H groups in total. The minimum absolute atomic E-state index is 0.166. The second-order valence-corrected chi connectivity index (χ2v) is 6.31. The number of carbonyl (C=O) groups excluding carboxylic acids is 1. The maximum atomic E-state index is 13.0. The van der Waals surface area contributed by atoms with Gasteiger partial charge < -0.3 is 14.8 Å². The van der Waals surface area contributed by atoms with Crippen LogP contribution in [-0.4, -0.2) is 32.8 Å². The van der Waals surface area contributed by atoms with Gasteiger partial charge in [-0.15, -0.1) is 0 Å². The minimum Gasteiger partial charge on any atom is -0.497 e. The Hall–Kier alpha value is -2.40. The molecule has 0 spiro atoms. The number of nitrogens with one attached hydrogen (secondary N) is 1. The van der Waals surface area contributed by atoms with Crippen LogP contribution in [-0.2, 0) is 10.2 Å². The standard InChI is InChI=1S/C20H22FNO3/c1-24-18-8-4-16(5-9-18)20(10-12-25-13-11-20)14-22-19(23)15-2-6-17(21)7-3-15/h2-9H,10-14H2,1H3,(H,22,23). The van der Waals surface area contributed by atoms with Crippen molar-refractivity contribution in [1.82, 2.24) is 5.32 Å². The molecule has 5 heteroatoms. The van der Waals surface area contributed by atoms with Crippen molar-refractivity contribution in [3.8, 4) is 5.75 Å². The van der Waals surface area contributed by atoms with E-state index in [9.17, 15) is 9.18 Å². The Morgan fingerprint density at radius 1 is 1.12 bits per heavy atom. The fourth-order valence-corrected chi connectivity index (χ4v) is 3.23. The van der Waals surface area contributed by atoms with Crippen LogP contribution in [0.4, 0.5) is 4.39 Å². The molecule has 0 aromatic heterocycles. The highest BCUT2D eigenvalue weighted by Crippen LogP contribution is 2.35. The molecule has 1 saturated heterocycles. The van der Waals surface area contributed by atoms with Crippen LogP contribution in [0.3, 0.4) is 0 Å². The number of benzene rings is 2. The minimum atomic E-state index is -0.351. The number of hydrogen-bond donors (Lipinski definition) is 1. The van der Waals surface area contributed by atoms with Gasteiger partial charge in [0.1, 0.15) is 11.6 Å². The van der Waals surface area contributed by atoms with E-state index in [1.807, 2.05) is 24.3 Å². The van der Waals surface area contributed by atoms with E-state index in [0.717, 1.165) is 24.2 Å². The van der Waals surface area contributed by atoms with Crippen molar-refractivity contribution < 1.29 is 18.7 Å². The molecule has 1 heterocycles. The van der Waals surface area contributed by atoms with Gasteiger partial charge in [-0.05, 0) is 54.8 Å². The van der Waals surface area contributed by atoms with Gasteiger partial charge in [0.2, 0.25) is 0 Å². The fourth-order valence-electron chi connectivity index (χ4n) is 3.23. The van der Waals surface area contributed by atoms with Gasteiger partial charge in [0.15, 0.2) is 0 Å². The quantitative estimate of drug-likeness (QED) is 0.906. The summed E-state index contributed by atoms with van der Waals surface area (Å²) in [5.41, 5.74) is 1.45. The molecule has 132 valence electrons. The second-order valence-electron chi connectivity index (χ2n) is 6.31. The van der Waals surface area contributed by atoms with Gasteiger partial charge in [-0.2, -0.15) is 0 Å². The van der Waals surface area contributed by atoms with Gasteiger partial charge in [0.25, 0.3) is 5.91 Å². The first-order chi connectivity index (χ1) is 12.1. The summed E-state index contributed by atoms with van der Waals surface area (Å²) in [6.07, 6.45) is 1.67. The largest absolute Gasteiger partial charge is 0.497 e. The van der Waals surface area contributed by atoms with Crippen LogP contribution < -0.4 is 10.1 Å². The lowest BCUT2D eigenvalue weighted by molar-refractivity contribution is 0.0487. The van der Waals surface area contributed by atoms with E-state index in [-0.39, 0.29) is 17.1 Å². The van der Waals surface area contributed by atoms with E-state index >= 15 is 0 Å². The van der Waals surface area contributed by atoms with Gasteiger partial charge >= 0.3 is 0 Å². The molecule has 0 unspecified atom stereocenters. The highest BCUT2D eigenvalue weighted by molar-refractivity contribution is 5.94. The molecule has 0 bridgehead atoms. The molecule has 1 amide bonds. The molecule has 0 saturated carbocycles. The van der Waals surface area contributed by atoms with Gasteiger partial charge in [0, 0.05) is 30.7 Å². The molecule has 4 nitrogen and oxygen atoms in total. The van der Waals surface area contributed by atoms with Crippen molar-refractivity contribution in [1.29, 1.82) is 0 Å². The number of hydrogen-bond acceptors (Lipinski definition) is 3. The van der Waals surface area contributed by atoms with Gasteiger partial charge in [0.05, 0.1) is 7.11 Å². The number of amides is 1. The van der Waals surface area contributed by atoms with Gasteiger partial charge in [-0.3, -0.25) is 4.79 Å². The summed E-state index contributed by atoms with van der Waals surface area (Å²) in [7, 11) is 1.64. The molecule has 2 aromatic rings. The molecule has 1 aliphatic heterocycles. The topological polar surface area (TPSA) is 47.6 Å². The van der Waals surface area contributed by atoms with Crippen molar-refractivity contribution in [3.63, 3.8) is 0 Å². The predicted octanol–water partition coefficient (Wildman–Crippen LogP) is 3.31. The Bertz CT molecular complexity index is 707. The monoisotopic (exact) mass is 343 g/mol. The average Bonchev–Trinajstić information content (AvgIpc) is 2.67. The van der Waals surface area contributed by atoms with E-state index in [2.05, 4.69) is 5.32 Å². The summed E-state index contributed by atoms with van der Waals surface area (Å²) in [6.45, 7) is 1.84. The summed E-state index contributed by atoms with van der Waals surface area (Å²) < 4.78 is 23.8. The van der Waals surface area contributed by atoms with Crippen molar-refractivity contribution in [2.45, 2.75) is 18.3 Å². The van der Waals surface area contributed by atoms with E-state index in [1.165, 1.54) is 24.3 Å². The number of halogens is 1. The summed E-state index contributed by atoms with van der Waals surface area (Å²) in [5.74, 6) is 0.261. The lowest BCUT2D eigenvalue weighted by Gasteiger charge is -2.38. The normalized spacial score (nSPS) is 16.2. The molecule has 0 aliphatic carbocycles. The first-order valence-corrected chi connectivity index (χ1v) is 8.39. The molecule has 25 heavy (non-hydrogen) atoms. The van der Waals surface area contributed by atoms with Crippen molar-refractivity contribution in [2.24, 2.45) is 0 Å². The third-order valence-electron chi connectivity index (χ3n) is 4.85. The maximum Gasteiger partial charge on any atom is 0.251 e. The van der Waals surface area contributed by atoms with Crippen LogP contribution in [0.15, 0.2) is 48.5 Å². The molecular weight excluding hydrogens is 321 g/mol. The molecule has 1 fully saturated rings. The number of carbonyl (C=O) groups is 1. The highest BCUT2D eigenvalue weighted by Gasteiger charge is 2.35. The Kier molecular flexibility index (Phi) is 5.34. The second kappa shape index (κ2) is 7.66. The molecular formula is C20H22FNO3. The van der Waals surface area contributed by atoms with Crippen molar-refractivity contribution in [3.05, 3.63) is 65.5 Å². The summed E-state index contributed by atoms with van der Waals surface area (Å²) in [6, 6.07) is 13.6. The van der Waals surface area contributed by atoms with Crippen LogP contribution in [0.25, 0.3) is 0 Å². The van der Waals surface area contributed by atoms with Gasteiger partial charge in [-0.25, -0.2) is 4.39 Å². The lowest BCUT2D eigenvalue weighted by atomic mass is 9.74. The Morgan fingerprint density at radius 3 is 2.36 bits per heavy atom. The van der Waals surface area contributed by atoms with Crippen LogP contribution in [0, 0.1) is 5.82 Å². The number of rotatable bonds is 5. The summed E-state index contributed by atoms with van der Waals surface area (Å²) in [4.78, 5) is 12.4. The first kappa shape index (κ1) is 17.4. The molecule has 0 atom stereocenters. The Morgan fingerprint density at radius 2 is 1.76 bits per heavy atom. The zero-order chi connectivity index (χ0) is 17.7. The third kappa shape index (κ3) is 3.99. The van der Waals surface area contributed by atoms with Crippen LogP contribution in [0.2, 0.25) is 0 Å². The fraction of sp³-hybridized carbons (Fsp3) is 0.350. The predicted molar refractivity (Wildman–Crippen MR) is 93.5 cm³/mol. The zero-order valence-electron chi connectivity index (χ0n) is 14.3. The smallest absolute Gasteiger partial charge is 0.251 e. The maximum absolute atomic E-state index is 13.0. The highest BCUT2D eigenvalue weighted by atomic mass is 19.1. The first-order valence-electron chi connectivity index (χ1n) is 8.39. The molecule has 0 radical (unpaired) electrons. The average molecular weight is 343 g/mol. The van der Waals surface area contributed by atoms with Crippen LogP contribution in [0.5, 0.6) is 5.75 Å². The zero-order valence-corrected chi connectivity index (χ0v) is 14.3. The third-order valence-corrected chi connectivity index (χ3v) is 4.85. The Balaban J connectivity index is 1.76. The summed E-state index contributed by atoms with van der Waals surface area (Å²) >= 11 is 0. The lowest BCUT2D eigenvalue weighted by Crippen LogP contribution is -2.44. The number of methoxy groups -OCH3 is 1. The molecule has 3 rings (SSSR count). The van der Waals surface area contributed by atoms with Crippen molar-refractivity contribution >= 4 is 5.91 Å². The van der Waals surface area contributed by atoms with Gasteiger partial charge in [-0.1, -0.05) is 12.1 Å². The van der Waals surface area contributed by atoms with E-state index < -0.39 is 0 Å². The molecule has 1 aliphatic rings. The van der Waals surface area contributed by atoms with Crippen molar-refractivity contribution in [2.75, 3.05) is 26.9 Å². The summed E-state index contributed by atoms with van der Waals surface area (Å²) in [5, 5.41) is 3.01. The van der Waals surface area contributed by atoms with Crippen LogP contribution >= 0.6 is 0 Å².